The molecule has 0 fully saturated rings. The lowest BCUT2D eigenvalue weighted by molar-refractivity contribution is -0.117. The molecule has 1 unspecified atom stereocenters. The van der Waals surface area contributed by atoms with E-state index in [9.17, 15) is 4.79 Å². The number of amides is 1. The number of carbonyl (C=O) groups is 1. The third-order valence-electron chi connectivity index (χ3n) is 3.59. The van der Waals surface area contributed by atoms with Crippen molar-refractivity contribution in [2.45, 2.75) is 51.9 Å². The van der Waals surface area contributed by atoms with Gasteiger partial charge in [-0.15, -0.1) is 0 Å². The molecule has 0 saturated carbocycles. The number of unbranched alkanes of at least 4 members (excludes halogenated alkanes) is 3. The molecular formula is C15H21NO. The molecule has 0 bridgehead atoms. The van der Waals surface area contributed by atoms with E-state index in [1.165, 1.54) is 30.4 Å². The highest BCUT2D eigenvalue weighted by Gasteiger charge is 2.30. The van der Waals surface area contributed by atoms with Gasteiger partial charge in [-0.25, -0.2) is 0 Å². The van der Waals surface area contributed by atoms with E-state index in [2.05, 4.69) is 31.3 Å². The van der Waals surface area contributed by atoms with Crippen molar-refractivity contribution < 1.29 is 4.79 Å². The molecule has 1 atom stereocenters. The van der Waals surface area contributed by atoms with Crippen LogP contribution in [-0.2, 0) is 4.79 Å². The van der Waals surface area contributed by atoms with Crippen molar-refractivity contribution >= 4 is 11.6 Å². The van der Waals surface area contributed by atoms with Crippen molar-refractivity contribution in [1.29, 1.82) is 0 Å². The van der Waals surface area contributed by atoms with E-state index in [0.717, 1.165) is 18.5 Å². The minimum Gasteiger partial charge on any atom is -0.325 e. The van der Waals surface area contributed by atoms with Gasteiger partial charge in [-0.3, -0.25) is 4.79 Å². The number of anilines is 1. The van der Waals surface area contributed by atoms with E-state index in [0.29, 0.717) is 0 Å². The first-order chi connectivity index (χ1) is 8.24. The number of aryl methyl sites for hydroxylation is 1. The van der Waals surface area contributed by atoms with Crippen LogP contribution in [-0.4, -0.2) is 5.91 Å². The zero-order chi connectivity index (χ0) is 12.3. The molecule has 1 N–H and O–H groups in total. The largest absolute Gasteiger partial charge is 0.325 e. The van der Waals surface area contributed by atoms with E-state index >= 15 is 0 Å². The first kappa shape index (κ1) is 12.2. The fourth-order valence-electron chi connectivity index (χ4n) is 2.56. The van der Waals surface area contributed by atoms with Crippen LogP contribution in [0.4, 0.5) is 5.69 Å². The van der Waals surface area contributed by atoms with Crippen LogP contribution >= 0.6 is 0 Å². The second-order valence-corrected chi connectivity index (χ2v) is 4.93. The van der Waals surface area contributed by atoms with Gasteiger partial charge in [-0.05, 0) is 24.5 Å². The molecule has 0 spiro atoms. The number of hydrogen-bond acceptors (Lipinski definition) is 1. The third-order valence-corrected chi connectivity index (χ3v) is 3.59. The first-order valence-electron chi connectivity index (χ1n) is 6.64. The Hall–Kier alpha value is -1.31. The Morgan fingerprint density at radius 1 is 1.24 bits per heavy atom. The Balaban J connectivity index is 2.05. The summed E-state index contributed by atoms with van der Waals surface area (Å²) in [5.41, 5.74) is 3.43. The van der Waals surface area contributed by atoms with Gasteiger partial charge in [0, 0.05) is 5.69 Å². The van der Waals surface area contributed by atoms with Crippen LogP contribution in [0.1, 0.15) is 56.1 Å². The second kappa shape index (κ2) is 5.35. The van der Waals surface area contributed by atoms with Gasteiger partial charge in [0.15, 0.2) is 0 Å². The van der Waals surface area contributed by atoms with Crippen LogP contribution < -0.4 is 5.32 Å². The Bertz CT molecular complexity index is 411. The SMILES string of the molecule is CCCCCCC1C(=O)Nc2c(C)cccc21. The van der Waals surface area contributed by atoms with Crippen LogP contribution in [0, 0.1) is 6.92 Å². The molecule has 2 nitrogen and oxygen atoms in total. The van der Waals surface area contributed by atoms with Gasteiger partial charge in [0.1, 0.15) is 0 Å². The lowest BCUT2D eigenvalue weighted by Gasteiger charge is -2.08. The zero-order valence-corrected chi connectivity index (χ0v) is 10.8. The van der Waals surface area contributed by atoms with E-state index < -0.39 is 0 Å². The van der Waals surface area contributed by atoms with Crippen molar-refractivity contribution in [3.8, 4) is 0 Å². The first-order valence-corrected chi connectivity index (χ1v) is 6.64. The van der Waals surface area contributed by atoms with Crippen LogP contribution in [0.5, 0.6) is 0 Å². The van der Waals surface area contributed by atoms with Crippen molar-refractivity contribution in [3.63, 3.8) is 0 Å². The Labute approximate surface area is 103 Å². The average molecular weight is 231 g/mol. The van der Waals surface area contributed by atoms with Crippen LogP contribution in [0.25, 0.3) is 0 Å². The number of benzene rings is 1. The van der Waals surface area contributed by atoms with E-state index in [-0.39, 0.29) is 11.8 Å². The molecule has 1 aliphatic rings. The fraction of sp³-hybridized carbons (Fsp3) is 0.533. The maximum Gasteiger partial charge on any atom is 0.232 e. The summed E-state index contributed by atoms with van der Waals surface area (Å²) >= 11 is 0. The van der Waals surface area contributed by atoms with Crippen LogP contribution in [0.15, 0.2) is 18.2 Å². The number of rotatable bonds is 5. The topological polar surface area (TPSA) is 29.1 Å². The highest BCUT2D eigenvalue weighted by atomic mass is 16.2. The molecular weight excluding hydrogens is 210 g/mol. The molecule has 0 aliphatic carbocycles. The van der Waals surface area contributed by atoms with Gasteiger partial charge in [0.2, 0.25) is 5.91 Å². The molecule has 0 aromatic heterocycles. The van der Waals surface area contributed by atoms with Crippen LogP contribution in [0.2, 0.25) is 0 Å². The summed E-state index contributed by atoms with van der Waals surface area (Å²) in [4.78, 5) is 11.9. The molecule has 1 aromatic carbocycles. The normalized spacial score (nSPS) is 18.0. The number of nitrogens with one attached hydrogen (secondary N) is 1. The van der Waals surface area contributed by atoms with Crippen LogP contribution in [0.3, 0.4) is 0 Å². The molecule has 1 heterocycles. The van der Waals surface area contributed by atoms with E-state index in [1.807, 2.05) is 6.07 Å². The molecule has 17 heavy (non-hydrogen) atoms. The Morgan fingerprint density at radius 2 is 2.06 bits per heavy atom. The lowest BCUT2D eigenvalue weighted by atomic mass is 9.93. The minimum atomic E-state index is 0.0850. The molecule has 0 radical (unpaired) electrons. The highest BCUT2D eigenvalue weighted by Crippen LogP contribution is 2.37. The fourth-order valence-corrected chi connectivity index (χ4v) is 2.56. The van der Waals surface area contributed by atoms with Crippen molar-refractivity contribution in [1.82, 2.24) is 0 Å². The number of para-hydroxylation sites is 1. The summed E-state index contributed by atoms with van der Waals surface area (Å²) in [6.07, 6.45) is 5.89. The van der Waals surface area contributed by atoms with Crippen molar-refractivity contribution in [3.05, 3.63) is 29.3 Å². The van der Waals surface area contributed by atoms with Gasteiger partial charge in [0.25, 0.3) is 0 Å². The molecule has 1 aliphatic heterocycles. The lowest BCUT2D eigenvalue weighted by Crippen LogP contribution is -2.11. The van der Waals surface area contributed by atoms with Gasteiger partial charge < -0.3 is 5.32 Å². The average Bonchev–Trinajstić information content (AvgIpc) is 2.63. The number of carbonyl (C=O) groups excluding carboxylic acids is 1. The predicted octanol–water partition coefficient (Wildman–Crippen LogP) is 4.00. The van der Waals surface area contributed by atoms with E-state index in [1.54, 1.807) is 0 Å². The smallest absolute Gasteiger partial charge is 0.232 e. The predicted molar refractivity (Wildman–Crippen MR) is 71.3 cm³/mol. The minimum absolute atomic E-state index is 0.0850. The summed E-state index contributed by atoms with van der Waals surface area (Å²) < 4.78 is 0. The van der Waals surface area contributed by atoms with Gasteiger partial charge in [-0.1, -0.05) is 50.8 Å². The van der Waals surface area contributed by atoms with E-state index in [4.69, 9.17) is 0 Å². The molecule has 1 amide bonds. The molecule has 1 aromatic rings. The molecule has 2 heteroatoms. The number of hydrogen-bond donors (Lipinski definition) is 1. The number of fused-ring (bicyclic) bond motifs is 1. The monoisotopic (exact) mass is 231 g/mol. The van der Waals surface area contributed by atoms with Gasteiger partial charge >= 0.3 is 0 Å². The Morgan fingerprint density at radius 3 is 2.82 bits per heavy atom. The zero-order valence-electron chi connectivity index (χ0n) is 10.8. The van der Waals surface area contributed by atoms with Crippen molar-refractivity contribution in [2.24, 2.45) is 0 Å². The molecule has 0 saturated heterocycles. The van der Waals surface area contributed by atoms with Crippen molar-refractivity contribution in [2.75, 3.05) is 5.32 Å². The van der Waals surface area contributed by atoms with Gasteiger partial charge in [0.05, 0.1) is 5.92 Å². The summed E-state index contributed by atoms with van der Waals surface area (Å²) in [5, 5.41) is 3.02. The maximum absolute atomic E-state index is 11.9. The standard InChI is InChI=1S/C15H21NO/c1-3-4-5-6-9-13-12-10-7-8-11(2)14(12)16-15(13)17/h7-8,10,13H,3-6,9H2,1-2H3,(H,16,17). The second-order valence-electron chi connectivity index (χ2n) is 4.93. The van der Waals surface area contributed by atoms with Gasteiger partial charge in [-0.2, -0.15) is 0 Å². The summed E-state index contributed by atoms with van der Waals surface area (Å²) in [6.45, 7) is 4.26. The molecule has 2 rings (SSSR count). The third kappa shape index (κ3) is 2.51. The summed E-state index contributed by atoms with van der Waals surface area (Å²) in [6, 6.07) is 6.19. The maximum atomic E-state index is 11.9. The summed E-state index contributed by atoms with van der Waals surface area (Å²) in [5.74, 6) is 0.271. The quantitative estimate of drug-likeness (QED) is 0.762. The highest BCUT2D eigenvalue weighted by molar-refractivity contribution is 6.03. The Kier molecular flexibility index (Phi) is 3.82. The summed E-state index contributed by atoms with van der Waals surface area (Å²) in [7, 11) is 0. The molecule has 92 valence electrons.